The molecule has 12 nitrogen and oxygen atoms in total. The summed E-state index contributed by atoms with van der Waals surface area (Å²) in [7, 11) is 6.43. The van der Waals surface area contributed by atoms with Gasteiger partial charge >= 0.3 is 6.09 Å². The monoisotopic (exact) mass is 848 g/mol. The van der Waals surface area contributed by atoms with Crippen molar-refractivity contribution < 1.29 is 19.0 Å². The van der Waals surface area contributed by atoms with E-state index in [4.69, 9.17) is 24.2 Å². The van der Waals surface area contributed by atoms with E-state index in [0.29, 0.717) is 6.54 Å². The second-order valence-electron chi connectivity index (χ2n) is 18.0. The smallest absolute Gasteiger partial charge is 0.407 e. The molecule has 9 rings (SSSR count). The van der Waals surface area contributed by atoms with Crippen LogP contribution in [0.1, 0.15) is 92.6 Å². The van der Waals surface area contributed by atoms with Gasteiger partial charge in [0.25, 0.3) is 0 Å². The predicted molar refractivity (Wildman–Crippen MR) is 241 cm³/mol. The van der Waals surface area contributed by atoms with E-state index in [1.807, 2.05) is 20.8 Å². The van der Waals surface area contributed by atoms with E-state index >= 15 is 0 Å². The number of nitrogens with zero attached hydrogens (tertiary/aromatic N) is 7. The van der Waals surface area contributed by atoms with Crippen LogP contribution in [0.2, 0.25) is 0 Å². The number of nitrogens with one attached hydrogen (secondary N) is 1. The molecule has 13 heteroatoms. The zero-order chi connectivity index (χ0) is 42.5. The number of hydrogen-bond donors (Lipinski definition) is 1. The van der Waals surface area contributed by atoms with Gasteiger partial charge in [-0.3, -0.25) is 0 Å². The topological polar surface area (TPSA) is 104 Å². The third-order valence-electron chi connectivity index (χ3n) is 12.2. The SMILES string of the molecule is CN1CCC(OC2c3ccccc3CCn3cc(-c4cccn4C)nc32)CC1.CN1CCC(OC2c3ccccc3CCn3cc(SCCNC(=O)OC(C)(C)C)nc32)CC1. The number of hydrogen-bond acceptors (Lipinski definition) is 9. The van der Waals surface area contributed by atoms with Gasteiger partial charge in [0.05, 0.1) is 17.9 Å². The maximum absolute atomic E-state index is 11.9. The highest BCUT2D eigenvalue weighted by molar-refractivity contribution is 7.99. The number of ether oxygens (including phenoxy) is 3. The third kappa shape index (κ3) is 10.8. The van der Waals surface area contributed by atoms with Crippen LogP contribution in [0.4, 0.5) is 4.79 Å². The number of carbonyl (C=O) groups is 1. The summed E-state index contributed by atoms with van der Waals surface area (Å²) < 4.78 is 25.5. The third-order valence-corrected chi connectivity index (χ3v) is 13.1. The minimum Gasteiger partial charge on any atom is -0.444 e. The number of carbonyl (C=O) groups excluding carboxylic acids is 1. The Balaban J connectivity index is 0.000000170. The van der Waals surface area contributed by atoms with Crippen molar-refractivity contribution in [2.24, 2.45) is 7.05 Å². The van der Waals surface area contributed by atoms with Gasteiger partial charge in [-0.2, -0.15) is 0 Å². The second-order valence-corrected chi connectivity index (χ2v) is 19.1. The zero-order valence-electron chi connectivity index (χ0n) is 36.9. The van der Waals surface area contributed by atoms with E-state index in [2.05, 4.69) is 129 Å². The van der Waals surface area contributed by atoms with Gasteiger partial charge in [0.2, 0.25) is 0 Å². The number of benzene rings is 2. The van der Waals surface area contributed by atoms with Gasteiger partial charge in [-0.1, -0.05) is 48.5 Å². The molecule has 4 aliphatic rings. The fourth-order valence-electron chi connectivity index (χ4n) is 8.85. The first kappa shape index (κ1) is 43.3. The molecule has 0 aliphatic carbocycles. The first-order valence-electron chi connectivity index (χ1n) is 22.2. The summed E-state index contributed by atoms with van der Waals surface area (Å²) in [6.45, 7) is 12.3. The van der Waals surface area contributed by atoms with Gasteiger partial charge in [-0.15, -0.1) is 11.8 Å². The van der Waals surface area contributed by atoms with Crippen LogP contribution in [0, 0.1) is 0 Å². The fourth-order valence-corrected chi connectivity index (χ4v) is 9.62. The largest absolute Gasteiger partial charge is 0.444 e. The summed E-state index contributed by atoms with van der Waals surface area (Å²) in [6.07, 6.45) is 12.6. The Labute approximate surface area is 366 Å². The predicted octanol–water partition coefficient (Wildman–Crippen LogP) is 7.90. The number of aromatic nitrogens is 5. The number of amides is 1. The van der Waals surface area contributed by atoms with Crippen LogP contribution in [0.5, 0.6) is 0 Å². The first-order valence-corrected chi connectivity index (χ1v) is 23.1. The van der Waals surface area contributed by atoms with Crippen molar-refractivity contribution >= 4 is 17.9 Å². The molecule has 4 aliphatic heterocycles. The molecule has 7 heterocycles. The Morgan fingerprint density at radius 1 is 0.721 bits per heavy atom. The van der Waals surface area contributed by atoms with Crippen LogP contribution in [0.25, 0.3) is 11.4 Å². The number of alkyl carbamates (subject to hydrolysis) is 1. The Hall–Kier alpha value is -4.40. The molecule has 0 saturated carbocycles. The van der Waals surface area contributed by atoms with Crippen molar-refractivity contribution in [2.75, 3.05) is 52.6 Å². The summed E-state index contributed by atoms with van der Waals surface area (Å²) in [5.74, 6) is 2.76. The maximum Gasteiger partial charge on any atom is 0.407 e. The van der Waals surface area contributed by atoms with Crippen molar-refractivity contribution in [3.8, 4) is 11.4 Å². The molecule has 2 atom stereocenters. The highest BCUT2D eigenvalue weighted by Gasteiger charge is 2.32. The van der Waals surface area contributed by atoms with Crippen LogP contribution in [0.3, 0.4) is 0 Å². The van der Waals surface area contributed by atoms with Crippen LogP contribution in [-0.4, -0.2) is 110 Å². The lowest BCUT2D eigenvalue weighted by atomic mass is 10.00. The number of thioether (sulfide) groups is 1. The number of rotatable bonds is 9. The Bertz CT molecular complexity index is 2230. The average Bonchev–Trinajstić information content (AvgIpc) is 3.94. The normalized spacial score (nSPS) is 20.0. The molecule has 2 fully saturated rings. The first-order chi connectivity index (χ1) is 29.5. The molecule has 2 aromatic carbocycles. The van der Waals surface area contributed by atoms with Crippen LogP contribution < -0.4 is 5.32 Å². The molecule has 3 aromatic heterocycles. The molecular formula is C48H64N8O4S. The van der Waals surface area contributed by atoms with E-state index in [9.17, 15) is 4.79 Å². The highest BCUT2D eigenvalue weighted by atomic mass is 32.2. The lowest BCUT2D eigenvalue weighted by molar-refractivity contribution is -0.0277. The van der Waals surface area contributed by atoms with Gasteiger partial charge in [-0.05, 0) is 108 Å². The number of likely N-dealkylation sites (tertiary alicyclic amines) is 2. The van der Waals surface area contributed by atoms with Gasteiger partial charge in [0.15, 0.2) is 0 Å². The van der Waals surface area contributed by atoms with Crippen molar-refractivity contribution in [1.29, 1.82) is 0 Å². The van der Waals surface area contributed by atoms with Gasteiger partial charge in [0.1, 0.15) is 40.2 Å². The number of imidazole rings is 2. The average molecular weight is 849 g/mol. The molecular weight excluding hydrogens is 785 g/mol. The van der Waals surface area contributed by atoms with Crippen molar-refractivity contribution in [1.82, 2.24) is 38.8 Å². The fraction of sp³-hybridized carbons (Fsp3) is 0.521. The van der Waals surface area contributed by atoms with Crippen molar-refractivity contribution in [3.63, 3.8) is 0 Å². The molecule has 2 saturated heterocycles. The van der Waals surface area contributed by atoms with Gasteiger partial charge in [-0.25, -0.2) is 14.8 Å². The number of fused-ring (bicyclic) bond motifs is 4. The van der Waals surface area contributed by atoms with Gasteiger partial charge in [0, 0.05) is 77.2 Å². The molecule has 0 spiro atoms. The van der Waals surface area contributed by atoms with Gasteiger partial charge < -0.3 is 43.0 Å². The van der Waals surface area contributed by atoms with Crippen LogP contribution in [-0.2, 0) is 47.2 Å². The van der Waals surface area contributed by atoms with Crippen LogP contribution >= 0.6 is 11.8 Å². The number of piperidine rings is 2. The minimum atomic E-state index is -0.488. The Morgan fingerprint density at radius 2 is 1.26 bits per heavy atom. The summed E-state index contributed by atoms with van der Waals surface area (Å²) in [6, 6.07) is 21.5. The summed E-state index contributed by atoms with van der Waals surface area (Å²) in [4.78, 5) is 26.7. The summed E-state index contributed by atoms with van der Waals surface area (Å²) in [5.41, 5.74) is 6.93. The van der Waals surface area contributed by atoms with Crippen molar-refractivity contribution in [2.45, 2.75) is 107 Å². The Kier molecular flexibility index (Phi) is 13.7. The molecule has 1 N–H and O–H groups in total. The molecule has 2 unspecified atom stereocenters. The Morgan fingerprint density at radius 3 is 1.80 bits per heavy atom. The molecule has 326 valence electrons. The molecule has 61 heavy (non-hydrogen) atoms. The van der Waals surface area contributed by atoms with E-state index < -0.39 is 5.60 Å². The van der Waals surface area contributed by atoms with E-state index in [0.717, 1.165) is 112 Å². The molecule has 0 bridgehead atoms. The lowest BCUT2D eigenvalue weighted by Gasteiger charge is -2.32. The van der Waals surface area contributed by atoms with E-state index in [1.54, 1.807) is 11.8 Å². The summed E-state index contributed by atoms with van der Waals surface area (Å²) in [5, 5.41) is 3.78. The van der Waals surface area contributed by atoms with Crippen LogP contribution in [0.15, 0.2) is 84.3 Å². The standard InChI is InChI=1S/C25H36N4O3S.C23H28N4O/c1-25(2,3)32-24(30)26-12-16-33-21-17-29-15-9-18-7-5-6-8-20(18)22(23(29)27-21)31-19-10-13-28(4)14-11-19;1-25-13-10-18(11-14-25)28-22-19-7-4-3-6-17(19)9-15-27-16-20(24-23(22)27)21-8-5-12-26(21)2/h5-8,17,19,22H,9-16H2,1-4H3,(H,26,30);3-8,12,16,18,22H,9-11,13-15H2,1-2H3. The zero-order valence-corrected chi connectivity index (χ0v) is 37.7. The van der Waals surface area contributed by atoms with E-state index in [1.165, 1.54) is 22.3 Å². The maximum atomic E-state index is 11.9. The highest BCUT2D eigenvalue weighted by Crippen LogP contribution is 2.37. The molecule has 0 radical (unpaired) electrons. The molecule has 5 aromatic rings. The lowest BCUT2D eigenvalue weighted by Crippen LogP contribution is -2.35. The second kappa shape index (κ2) is 19.3. The number of aryl methyl sites for hydroxylation is 5. The summed E-state index contributed by atoms with van der Waals surface area (Å²) >= 11 is 1.65. The quantitative estimate of drug-likeness (QED) is 0.117. The minimum absolute atomic E-state index is 0.0962. The van der Waals surface area contributed by atoms with Crippen molar-refractivity contribution in [3.05, 3.63) is 113 Å². The van der Waals surface area contributed by atoms with E-state index in [-0.39, 0.29) is 30.5 Å². The molecule has 1 amide bonds.